The van der Waals surface area contributed by atoms with Crippen LogP contribution in [0.1, 0.15) is 33.3 Å². The van der Waals surface area contributed by atoms with E-state index in [0.29, 0.717) is 6.04 Å². The minimum absolute atomic E-state index is 0.281. The average molecular weight is 361 g/mol. The van der Waals surface area contributed by atoms with Gasteiger partial charge in [-0.2, -0.15) is 4.98 Å². The van der Waals surface area contributed by atoms with Gasteiger partial charge in [0, 0.05) is 30.3 Å². The van der Waals surface area contributed by atoms with Gasteiger partial charge in [-0.3, -0.25) is 0 Å². The second kappa shape index (κ2) is 8.67. The molecule has 0 aliphatic heterocycles. The molecule has 0 unspecified atom stereocenters. The van der Waals surface area contributed by atoms with E-state index in [4.69, 9.17) is 9.97 Å². The van der Waals surface area contributed by atoms with Gasteiger partial charge in [-0.1, -0.05) is 60.7 Å². The van der Waals surface area contributed by atoms with Crippen LogP contribution in [0.4, 0.5) is 11.8 Å². The lowest BCUT2D eigenvalue weighted by atomic mass is 10.1. The van der Waals surface area contributed by atoms with Crippen LogP contribution < -0.4 is 10.2 Å². The normalized spacial score (nSPS) is 11.0. The van der Waals surface area contributed by atoms with E-state index in [-0.39, 0.29) is 6.04 Å². The van der Waals surface area contributed by atoms with Crippen molar-refractivity contribution >= 4 is 11.8 Å². The maximum absolute atomic E-state index is 4.90. The molecule has 1 N–H and O–H groups in total. The van der Waals surface area contributed by atoms with Crippen molar-refractivity contribution in [3.63, 3.8) is 0 Å². The van der Waals surface area contributed by atoms with E-state index < -0.39 is 0 Å². The first kappa shape index (κ1) is 18.9. The summed E-state index contributed by atoms with van der Waals surface area (Å²) >= 11 is 0. The number of nitrogens with one attached hydrogen (secondary N) is 1. The van der Waals surface area contributed by atoms with Crippen molar-refractivity contribution in [3.05, 3.63) is 72.3 Å². The fourth-order valence-corrected chi connectivity index (χ4v) is 2.95. The number of benzene rings is 2. The summed E-state index contributed by atoms with van der Waals surface area (Å²) < 4.78 is 0. The monoisotopic (exact) mass is 360 g/mol. The first-order valence-corrected chi connectivity index (χ1v) is 9.54. The highest BCUT2D eigenvalue weighted by molar-refractivity contribution is 5.64. The molecular formula is C23H28N4. The van der Waals surface area contributed by atoms with Gasteiger partial charge >= 0.3 is 0 Å². The minimum atomic E-state index is 0.281. The maximum Gasteiger partial charge on any atom is 0.228 e. The standard InChI is InChI=1S/C23H28N4/c1-17(2)24-22-15-21(20-13-9-6-10-14-20)25-23(26-22)27(18(3)4)16-19-11-7-5-8-12-19/h5-15,17-18H,16H2,1-4H3,(H,24,25,26). The molecule has 3 aromatic rings. The van der Waals surface area contributed by atoms with E-state index in [2.05, 4.69) is 74.3 Å². The third-order valence-corrected chi connectivity index (χ3v) is 4.30. The SMILES string of the molecule is CC(C)Nc1cc(-c2ccccc2)nc(N(Cc2ccccc2)C(C)C)n1. The topological polar surface area (TPSA) is 41.1 Å². The molecule has 27 heavy (non-hydrogen) atoms. The molecule has 1 heterocycles. The first-order valence-electron chi connectivity index (χ1n) is 9.54. The van der Waals surface area contributed by atoms with Crippen LogP contribution in [0.3, 0.4) is 0 Å². The molecule has 0 fully saturated rings. The average Bonchev–Trinajstić information content (AvgIpc) is 2.66. The van der Waals surface area contributed by atoms with Crippen LogP contribution in [0, 0.1) is 0 Å². The summed E-state index contributed by atoms with van der Waals surface area (Å²) in [6, 6.07) is 23.4. The summed E-state index contributed by atoms with van der Waals surface area (Å²) in [7, 11) is 0. The van der Waals surface area contributed by atoms with Crippen LogP contribution in [0.15, 0.2) is 66.7 Å². The second-order valence-corrected chi connectivity index (χ2v) is 7.31. The highest BCUT2D eigenvalue weighted by Crippen LogP contribution is 2.25. The second-order valence-electron chi connectivity index (χ2n) is 7.31. The van der Waals surface area contributed by atoms with Crippen LogP contribution in [0.5, 0.6) is 0 Å². The summed E-state index contributed by atoms with van der Waals surface area (Å²) in [4.78, 5) is 12.0. The van der Waals surface area contributed by atoms with Crippen LogP contribution in [-0.4, -0.2) is 22.1 Å². The van der Waals surface area contributed by atoms with Gasteiger partial charge in [0.1, 0.15) is 5.82 Å². The fourth-order valence-electron chi connectivity index (χ4n) is 2.95. The molecule has 0 radical (unpaired) electrons. The maximum atomic E-state index is 4.90. The summed E-state index contributed by atoms with van der Waals surface area (Å²) in [6.45, 7) is 9.37. The Morgan fingerprint density at radius 1 is 0.852 bits per heavy atom. The lowest BCUT2D eigenvalue weighted by Crippen LogP contribution is -2.32. The molecule has 0 spiro atoms. The Labute approximate surface area is 162 Å². The van der Waals surface area contributed by atoms with Gasteiger partial charge in [-0.05, 0) is 33.3 Å². The fraction of sp³-hybridized carbons (Fsp3) is 0.304. The van der Waals surface area contributed by atoms with Crippen molar-refractivity contribution in [1.82, 2.24) is 9.97 Å². The smallest absolute Gasteiger partial charge is 0.228 e. The highest BCUT2D eigenvalue weighted by Gasteiger charge is 2.17. The van der Waals surface area contributed by atoms with Gasteiger partial charge < -0.3 is 10.2 Å². The lowest BCUT2D eigenvalue weighted by molar-refractivity contribution is 0.661. The van der Waals surface area contributed by atoms with Crippen molar-refractivity contribution in [2.75, 3.05) is 10.2 Å². The molecule has 0 amide bonds. The number of aromatic nitrogens is 2. The van der Waals surface area contributed by atoms with E-state index >= 15 is 0 Å². The molecule has 3 rings (SSSR count). The number of nitrogens with zero attached hydrogens (tertiary/aromatic N) is 3. The Balaban J connectivity index is 2.02. The molecule has 0 bridgehead atoms. The first-order chi connectivity index (χ1) is 13.0. The molecular weight excluding hydrogens is 332 g/mol. The molecule has 4 nitrogen and oxygen atoms in total. The van der Waals surface area contributed by atoms with Crippen LogP contribution in [0.2, 0.25) is 0 Å². The zero-order chi connectivity index (χ0) is 19.2. The summed E-state index contributed by atoms with van der Waals surface area (Å²) in [5, 5.41) is 3.44. The van der Waals surface area contributed by atoms with Crippen LogP contribution >= 0.6 is 0 Å². The van der Waals surface area contributed by atoms with E-state index in [1.54, 1.807) is 0 Å². The van der Waals surface area contributed by atoms with Crippen molar-refractivity contribution in [2.24, 2.45) is 0 Å². The Bertz CT molecular complexity index is 845. The highest BCUT2D eigenvalue weighted by atomic mass is 15.3. The predicted octanol–water partition coefficient (Wildman–Crippen LogP) is 5.38. The van der Waals surface area contributed by atoms with Gasteiger partial charge in [-0.25, -0.2) is 4.98 Å². The zero-order valence-corrected chi connectivity index (χ0v) is 16.6. The van der Waals surface area contributed by atoms with E-state index in [0.717, 1.165) is 29.6 Å². The largest absolute Gasteiger partial charge is 0.368 e. The number of hydrogen-bond donors (Lipinski definition) is 1. The Kier molecular flexibility index (Phi) is 6.07. The molecule has 0 aliphatic carbocycles. The molecule has 0 saturated heterocycles. The number of anilines is 2. The lowest BCUT2D eigenvalue weighted by Gasteiger charge is -2.28. The minimum Gasteiger partial charge on any atom is -0.368 e. The van der Waals surface area contributed by atoms with Crippen molar-refractivity contribution in [3.8, 4) is 11.3 Å². The van der Waals surface area contributed by atoms with Gasteiger partial charge in [0.25, 0.3) is 0 Å². The van der Waals surface area contributed by atoms with Gasteiger partial charge in [-0.15, -0.1) is 0 Å². The summed E-state index contributed by atoms with van der Waals surface area (Å²) in [5.74, 6) is 1.60. The third-order valence-electron chi connectivity index (χ3n) is 4.30. The van der Waals surface area contributed by atoms with Crippen molar-refractivity contribution < 1.29 is 0 Å². The Morgan fingerprint density at radius 2 is 1.48 bits per heavy atom. The van der Waals surface area contributed by atoms with Gasteiger partial charge in [0.2, 0.25) is 5.95 Å². The molecule has 0 saturated carbocycles. The molecule has 1 aromatic heterocycles. The van der Waals surface area contributed by atoms with Crippen LogP contribution in [0.25, 0.3) is 11.3 Å². The number of hydrogen-bond acceptors (Lipinski definition) is 4. The quantitative estimate of drug-likeness (QED) is 0.614. The van der Waals surface area contributed by atoms with Crippen LogP contribution in [-0.2, 0) is 6.54 Å². The molecule has 2 aromatic carbocycles. The number of rotatable bonds is 7. The van der Waals surface area contributed by atoms with Crippen molar-refractivity contribution in [1.29, 1.82) is 0 Å². The Hall–Kier alpha value is -2.88. The third kappa shape index (κ3) is 5.07. The molecule has 4 heteroatoms. The van der Waals surface area contributed by atoms with Gasteiger partial charge in [0.15, 0.2) is 0 Å². The van der Waals surface area contributed by atoms with Crippen molar-refractivity contribution in [2.45, 2.75) is 46.3 Å². The Morgan fingerprint density at radius 3 is 2.07 bits per heavy atom. The summed E-state index contributed by atoms with van der Waals surface area (Å²) in [5.41, 5.74) is 3.28. The molecule has 140 valence electrons. The predicted molar refractivity (Wildman–Crippen MR) is 114 cm³/mol. The van der Waals surface area contributed by atoms with Gasteiger partial charge in [0.05, 0.1) is 5.69 Å². The van der Waals surface area contributed by atoms with E-state index in [1.165, 1.54) is 5.56 Å². The zero-order valence-electron chi connectivity index (χ0n) is 16.6. The van der Waals surface area contributed by atoms with E-state index in [1.807, 2.05) is 30.3 Å². The molecule has 0 aliphatic rings. The van der Waals surface area contributed by atoms with E-state index in [9.17, 15) is 0 Å². The molecule has 0 atom stereocenters. The summed E-state index contributed by atoms with van der Waals surface area (Å²) in [6.07, 6.45) is 0.